The Bertz CT molecular complexity index is 545. The van der Waals surface area contributed by atoms with Gasteiger partial charge in [-0.1, -0.05) is 64.1 Å². The van der Waals surface area contributed by atoms with E-state index in [-0.39, 0.29) is 0 Å². The van der Waals surface area contributed by atoms with Gasteiger partial charge in [-0.3, -0.25) is 0 Å². The summed E-state index contributed by atoms with van der Waals surface area (Å²) >= 11 is 0. The van der Waals surface area contributed by atoms with Crippen LogP contribution in [0.25, 0.3) is 5.57 Å². The summed E-state index contributed by atoms with van der Waals surface area (Å²) in [5.74, 6) is 0.697. The number of rotatable bonds is 1. The lowest BCUT2D eigenvalue weighted by Crippen LogP contribution is -2.30. The van der Waals surface area contributed by atoms with Gasteiger partial charge in [0.1, 0.15) is 0 Å². The van der Waals surface area contributed by atoms with Crippen LogP contribution in [0.3, 0.4) is 0 Å². The minimum Gasteiger partial charge on any atom is -0.0956 e. The van der Waals surface area contributed by atoms with Crippen LogP contribution in [0, 0.1) is 11.3 Å². The van der Waals surface area contributed by atoms with E-state index in [2.05, 4.69) is 51.6 Å². The molecule has 0 N–H and O–H groups in total. The maximum atomic E-state index is 4.26. The molecule has 2 aliphatic rings. The Hall–Kier alpha value is -1.30. The molecule has 20 heavy (non-hydrogen) atoms. The van der Waals surface area contributed by atoms with Gasteiger partial charge in [-0.05, 0) is 54.4 Å². The predicted octanol–water partition coefficient (Wildman–Crippen LogP) is 6.03. The molecule has 0 aromatic heterocycles. The summed E-state index contributed by atoms with van der Waals surface area (Å²) in [4.78, 5) is 0. The van der Waals surface area contributed by atoms with Crippen molar-refractivity contribution in [1.82, 2.24) is 0 Å². The van der Waals surface area contributed by atoms with Gasteiger partial charge in [0, 0.05) is 5.41 Å². The van der Waals surface area contributed by atoms with Crippen LogP contribution < -0.4 is 0 Å². The van der Waals surface area contributed by atoms with E-state index in [0.29, 0.717) is 11.3 Å². The van der Waals surface area contributed by atoms with Crippen LogP contribution in [0.15, 0.2) is 42.0 Å². The molecular weight excluding hydrogens is 240 g/mol. The van der Waals surface area contributed by atoms with Crippen LogP contribution in [0.1, 0.15) is 58.6 Å². The average Bonchev–Trinajstić information content (AvgIpc) is 2.81. The van der Waals surface area contributed by atoms with Gasteiger partial charge in [0.25, 0.3) is 0 Å². The van der Waals surface area contributed by atoms with Crippen molar-refractivity contribution in [1.29, 1.82) is 0 Å². The summed E-state index contributed by atoms with van der Waals surface area (Å²) in [5, 5.41) is 0. The fraction of sp³-hybridized carbons (Fsp3) is 0.500. The first-order valence-electron chi connectivity index (χ1n) is 8.04. The molecule has 0 bridgehead atoms. The zero-order chi connectivity index (χ0) is 14.9. The Morgan fingerprint density at radius 2 is 1.80 bits per heavy atom. The molecule has 0 fully saturated rings. The third kappa shape index (κ3) is 2.06. The van der Waals surface area contributed by atoms with E-state index in [1.807, 2.05) is 13.8 Å². The van der Waals surface area contributed by atoms with Crippen LogP contribution in [-0.2, 0) is 6.42 Å². The molecule has 0 radical (unpaired) electrons. The maximum absolute atomic E-state index is 4.26. The molecule has 0 heteroatoms. The highest BCUT2D eigenvalue weighted by atomic mass is 14.5. The Morgan fingerprint density at radius 3 is 2.45 bits per heavy atom. The quantitative estimate of drug-likeness (QED) is 0.583. The van der Waals surface area contributed by atoms with Crippen LogP contribution in [0.2, 0.25) is 0 Å². The number of hydrogen-bond acceptors (Lipinski definition) is 0. The van der Waals surface area contributed by atoms with E-state index < -0.39 is 0 Å². The smallest absolute Gasteiger partial charge is 0.00284 e. The van der Waals surface area contributed by atoms with Crippen LogP contribution >= 0.6 is 0 Å². The SMILES string of the molecule is C=C1CCC2(C(C)C)Cc3ccccc3C2=C1C.CC. The summed E-state index contributed by atoms with van der Waals surface area (Å²) < 4.78 is 0. The lowest BCUT2D eigenvalue weighted by Gasteiger charge is -2.40. The first-order chi connectivity index (χ1) is 9.56. The molecule has 0 saturated carbocycles. The van der Waals surface area contributed by atoms with E-state index in [1.54, 1.807) is 5.57 Å². The molecule has 0 saturated heterocycles. The minimum atomic E-state index is 0.370. The van der Waals surface area contributed by atoms with E-state index in [0.717, 1.165) is 0 Å². The zero-order valence-electron chi connectivity index (χ0n) is 13.7. The third-order valence-corrected chi connectivity index (χ3v) is 5.17. The molecule has 1 aromatic rings. The number of fused-ring (bicyclic) bond motifs is 3. The Balaban J connectivity index is 0.000000704. The fourth-order valence-corrected chi connectivity index (χ4v) is 3.92. The van der Waals surface area contributed by atoms with E-state index in [9.17, 15) is 0 Å². The molecule has 0 nitrogen and oxygen atoms in total. The second-order valence-electron chi connectivity index (χ2n) is 6.25. The fourth-order valence-electron chi connectivity index (χ4n) is 3.92. The molecule has 0 aliphatic heterocycles. The average molecular weight is 268 g/mol. The lowest BCUT2D eigenvalue weighted by molar-refractivity contribution is 0.261. The van der Waals surface area contributed by atoms with Crippen molar-refractivity contribution in [2.24, 2.45) is 11.3 Å². The van der Waals surface area contributed by atoms with Gasteiger partial charge in [-0.2, -0.15) is 0 Å². The summed E-state index contributed by atoms with van der Waals surface area (Å²) in [6, 6.07) is 8.96. The van der Waals surface area contributed by atoms with Gasteiger partial charge in [-0.25, -0.2) is 0 Å². The maximum Gasteiger partial charge on any atom is 0.00284 e. The van der Waals surface area contributed by atoms with Crippen molar-refractivity contribution in [3.8, 4) is 0 Å². The second kappa shape index (κ2) is 5.60. The zero-order valence-corrected chi connectivity index (χ0v) is 13.7. The summed E-state index contributed by atoms with van der Waals surface area (Å²) in [7, 11) is 0. The molecule has 3 rings (SSSR count). The predicted molar refractivity (Wildman–Crippen MR) is 89.7 cm³/mol. The molecule has 0 heterocycles. The van der Waals surface area contributed by atoms with Crippen molar-refractivity contribution in [2.45, 2.75) is 53.9 Å². The van der Waals surface area contributed by atoms with Gasteiger partial charge >= 0.3 is 0 Å². The van der Waals surface area contributed by atoms with E-state index >= 15 is 0 Å². The number of benzene rings is 1. The molecule has 1 unspecified atom stereocenters. The van der Waals surface area contributed by atoms with Gasteiger partial charge in [-0.15, -0.1) is 0 Å². The number of allylic oxidation sites excluding steroid dienone is 3. The van der Waals surface area contributed by atoms with Crippen molar-refractivity contribution in [2.75, 3.05) is 0 Å². The molecule has 2 aliphatic carbocycles. The van der Waals surface area contributed by atoms with Crippen LogP contribution in [-0.4, -0.2) is 0 Å². The first-order valence-corrected chi connectivity index (χ1v) is 8.04. The summed E-state index contributed by atoms with van der Waals surface area (Å²) in [6.45, 7) is 15.3. The first kappa shape index (κ1) is 15.1. The molecule has 1 aromatic carbocycles. The second-order valence-corrected chi connectivity index (χ2v) is 6.25. The highest BCUT2D eigenvalue weighted by Gasteiger charge is 2.46. The molecular formula is C20H28. The van der Waals surface area contributed by atoms with Crippen molar-refractivity contribution in [3.05, 3.63) is 53.1 Å². The monoisotopic (exact) mass is 268 g/mol. The van der Waals surface area contributed by atoms with Gasteiger partial charge in [0.05, 0.1) is 0 Å². The Morgan fingerprint density at radius 1 is 1.15 bits per heavy atom. The van der Waals surface area contributed by atoms with Gasteiger partial charge < -0.3 is 0 Å². The van der Waals surface area contributed by atoms with Gasteiger partial charge in [0.15, 0.2) is 0 Å². The highest BCUT2D eigenvalue weighted by molar-refractivity contribution is 5.83. The molecule has 1 atom stereocenters. The van der Waals surface area contributed by atoms with Crippen molar-refractivity contribution >= 4 is 5.57 Å². The molecule has 0 amide bonds. The van der Waals surface area contributed by atoms with Crippen LogP contribution in [0.4, 0.5) is 0 Å². The highest BCUT2D eigenvalue weighted by Crippen LogP contribution is 2.58. The Labute approximate surface area is 124 Å². The van der Waals surface area contributed by atoms with E-state index in [1.165, 1.54) is 41.5 Å². The Kier molecular flexibility index (Phi) is 4.22. The normalized spacial score (nSPS) is 24.2. The van der Waals surface area contributed by atoms with E-state index in [4.69, 9.17) is 0 Å². The molecule has 108 valence electrons. The summed E-state index contributed by atoms with van der Waals surface area (Å²) in [5.41, 5.74) is 7.80. The third-order valence-electron chi connectivity index (χ3n) is 5.17. The topological polar surface area (TPSA) is 0 Å². The van der Waals surface area contributed by atoms with Gasteiger partial charge in [0.2, 0.25) is 0 Å². The van der Waals surface area contributed by atoms with Crippen molar-refractivity contribution < 1.29 is 0 Å². The largest absolute Gasteiger partial charge is 0.0956 e. The molecule has 0 spiro atoms. The number of hydrogen-bond donors (Lipinski definition) is 0. The minimum absolute atomic E-state index is 0.370. The van der Waals surface area contributed by atoms with Crippen LogP contribution in [0.5, 0.6) is 0 Å². The van der Waals surface area contributed by atoms with Crippen molar-refractivity contribution in [3.63, 3.8) is 0 Å². The summed E-state index contributed by atoms with van der Waals surface area (Å²) in [6.07, 6.45) is 3.66. The standard InChI is InChI=1S/C18H22.C2H6/c1-12(2)18-10-9-13(3)14(4)17(18)16-8-6-5-7-15(16)11-18;1-2/h5-8,12H,3,9-11H2,1-2,4H3;1-2H3. The lowest BCUT2D eigenvalue weighted by atomic mass is 9.63.